The molecule has 3 nitrogen and oxygen atoms in total. The van der Waals surface area contributed by atoms with Crippen molar-refractivity contribution in [2.24, 2.45) is 0 Å². The Labute approximate surface area is 134 Å². The van der Waals surface area contributed by atoms with Crippen LogP contribution in [0, 0.1) is 6.92 Å². The van der Waals surface area contributed by atoms with Crippen LogP contribution in [0.3, 0.4) is 0 Å². The summed E-state index contributed by atoms with van der Waals surface area (Å²) >= 11 is 0. The molecule has 2 N–H and O–H groups in total. The minimum atomic E-state index is 0.257. The first-order valence-electron chi connectivity index (χ1n) is 7.57. The lowest BCUT2D eigenvalue weighted by Crippen LogP contribution is -1.83. The number of hydrogen-bond acceptors (Lipinski definition) is 2. The van der Waals surface area contributed by atoms with Crippen molar-refractivity contribution in [2.75, 3.05) is 0 Å². The lowest BCUT2D eigenvalue weighted by molar-refractivity contribution is 0.477. The van der Waals surface area contributed by atoms with Gasteiger partial charge in [0.15, 0.2) is 0 Å². The summed E-state index contributed by atoms with van der Waals surface area (Å²) in [6.45, 7) is 1.97. The number of benzene rings is 2. The minimum absolute atomic E-state index is 0.257. The molecule has 3 heteroatoms. The lowest BCUT2D eigenvalue weighted by atomic mass is 9.98. The number of hydrogen-bond donors (Lipinski definition) is 2. The van der Waals surface area contributed by atoms with Crippen molar-refractivity contribution in [3.8, 4) is 28.1 Å². The number of phenolic OH excluding ortho intramolecular Hbond substituents is 1. The molecule has 2 aromatic heterocycles. The van der Waals surface area contributed by atoms with Crippen LogP contribution < -0.4 is 0 Å². The molecule has 23 heavy (non-hydrogen) atoms. The molecular formula is C20H16N2O. The second kappa shape index (κ2) is 5.29. The van der Waals surface area contributed by atoms with E-state index in [2.05, 4.69) is 28.2 Å². The Morgan fingerprint density at radius 1 is 0.870 bits per heavy atom. The molecule has 0 atom stereocenters. The fourth-order valence-corrected chi connectivity index (χ4v) is 2.96. The molecule has 4 rings (SSSR count). The van der Waals surface area contributed by atoms with Crippen LogP contribution in [0.1, 0.15) is 5.69 Å². The third-order valence-electron chi connectivity index (χ3n) is 4.03. The topological polar surface area (TPSA) is 48.9 Å². The fraction of sp³-hybridized carbons (Fsp3) is 0.0500. The molecule has 0 radical (unpaired) electrons. The summed E-state index contributed by atoms with van der Waals surface area (Å²) in [6.07, 6.45) is 0. The van der Waals surface area contributed by atoms with Crippen molar-refractivity contribution in [1.82, 2.24) is 9.97 Å². The third kappa shape index (κ3) is 2.27. The molecule has 0 saturated heterocycles. The zero-order chi connectivity index (χ0) is 15.8. The first-order valence-corrected chi connectivity index (χ1v) is 7.57. The normalized spacial score (nSPS) is 11.0. The minimum Gasteiger partial charge on any atom is -0.507 e. The molecule has 4 aromatic rings. The lowest BCUT2D eigenvalue weighted by Gasteiger charge is -2.07. The van der Waals surface area contributed by atoms with E-state index in [-0.39, 0.29) is 5.75 Å². The molecule has 0 aliphatic rings. The van der Waals surface area contributed by atoms with E-state index in [4.69, 9.17) is 0 Å². The van der Waals surface area contributed by atoms with Crippen LogP contribution in [0.4, 0.5) is 0 Å². The Morgan fingerprint density at radius 2 is 1.61 bits per heavy atom. The van der Waals surface area contributed by atoms with Gasteiger partial charge in [-0.2, -0.15) is 0 Å². The number of nitrogens with zero attached hydrogens (tertiary/aromatic N) is 1. The van der Waals surface area contributed by atoms with Gasteiger partial charge in [0.1, 0.15) is 11.4 Å². The van der Waals surface area contributed by atoms with E-state index in [9.17, 15) is 5.11 Å². The van der Waals surface area contributed by atoms with E-state index < -0.39 is 0 Å². The Morgan fingerprint density at radius 3 is 2.39 bits per heavy atom. The molecule has 0 amide bonds. The van der Waals surface area contributed by atoms with Gasteiger partial charge in [-0.25, -0.2) is 4.98 Å². The van der Waals surface area contributed by atoms with Crippen LogP contribution in [0.5, 0.6) is 5.75 Å². The average molecular weight is 300 g/mol. The number of para-hydroxylation sites is 1. The average Bonchev–Trinajstić information content (AvgIpc) is 2.94. The standard InChI is InChI=1S/C20H16N2O/c1-13-11-12-16-18(14-7-3-2-4-8-14)19(22-20(16)21-13)15-9-5-6-10-17(15)23/h2-12,23H,1H3,(H,21,22). The molecule has 0 spiro atoms. The number of pyridine rings is 1. The molecule has 0 unspecified atom stereocenters. The van der Waals surface area contributed by atoms with Crippen LogP contribution in [0.2, 0.25) is 0 Å². The largest absolute Gasteiger partial charge is 0.507 e. The highest BCUT2D eigenvalue weighted by Gasteiger charge is 2.17. The Bertz CT molecular complexity index is 987. The first kappa shape index (κ1) is 13.6. The quantitative estimate of drug-likeness (QED) is 0.552. The smallest absolute Gasteiger partial charge is 0.138 e. The summed E-state index contributed by atoms with van der Waals surface area (Å²) in [7, 11) is 0. The highest BCUT2D eigenvalue weighted by Crippen LogP contribution is 2.40. The summed E-state index contributed by atoms with van der Waals surface area (Å²) < 4.78 is 0. The SMILES string of the molecule is Cc1ccc2c(-c3ccccc3)c(-c3ccccc3O)[nH]c2n1. The molecule has 0 saturated carbocycles. The fourth-order valence-electron chi connectivity index (χ4n) is 2.96. The molecule has 2 heterocycles. The van der Waals surface area contributed by atoms with Crippen molar-refractivity contribution in [1.29, 1.82) is 0 Å². The zero-order valence-corrected chi connectivity index (χ0v) is 12.7. The van der Waals surface area contributed by atoms with Gasteiger partial charge in [0, 0.05) is 22.2 Å². The van der Waals surface area contributed by atoms with Gasteiger partial charge in [0.25, 0.3) is 0 Å². The number of aromatic hydroxyl groups is 1. The highest BCUT2D eigenvalue weighted by molar-refractivity contribution is 6.03. The first-order chi connectivity index (χ1) is 11.2. The number of aryl methyl sites for hydroxylation is 1. The van der Waals surface area contributed by atoms with Crippen LogP contribution >= 0.6 is 0 Å². The number of fused-ring (bicyclic) bond motifs is 1. The summed E-state index contributed by atoms with van der Waals surface area (Å²) in [5.74, 6) is 0.257. The van der Waals surface area contributed by atoms with Crippen molar-refractivity contribution in [3.63, 3.8) is 0 Å². The summed E-state index contributed by atoms with van der Waals surface area (Å²) in [5.41, 5.74) is 5.63. The number of aromatic amines is 1. The Balaban J connectivity index is 2.09. The zero-order valence-electron chi connectivity index (χ0n) is 12.7. The predicted molar refractivity (Wildman–Crippen MR) is 93.4 cm³/mol. The Kier molecular flexibility index (Phi) is 3.12. The molecule has 0 fully saturated rings. The van der Waals surface area contributed by atoms with Gasteiger partial charge in [-0.05, 0) is 36.8 Å². The number of nitrogens with one attached hydrogen (secondary N) is 1. The van der Waals surface area contributed by atoms with Crippen molar-refractivity contribution >= 4 is 11.0 Å². The highest BCUT2D eigenvalue weighted by atomic mass is 16.3. The van der Waals surface area contributed by atoms with Gasteiger partial charge in [-0.15, -0.1) is 0 Å². The number of aromatic nitrogens is 2. The van der Waals surface area contributed by atoms with Gasteiger partial charge in [-0.3, -0.25) is 0 Å². The Hall–Kier alpha value is -3.07. The molecule has 0 aliphatic heterocycles. The van der Waals surface area contributed by atoms with Crippen LogP contribution in [-0.2, 0) is 0 Å². The monoisotopic (exact) mass is 300 g/mol. The second-order valence-electron chi connectivity index (χ2n) is 5.61. The molecule has 112 valence electrons. The maximum Gasteiger partial charge on any atom is 0.138 e. The summed E-state index contributed by atoms with van der Waals surface area (Å²) in [4.78, 5) is 7.99. The van der Waals surface area contributed by atoms with E-state index in [1.807, 2.05) is 49.4 Å². The maximum atomic E-state index is 10.3. The van der Waals surface area contributed by atoms with Gasteiger partial charge in [-0.1, -0.05) is 42.5 Å². The van der Waals surface area contributed by atoms with E-state index >= 15 is 0 Å². The van der Waals surface area contributed by atoms with E-state index in [1.165, 1.54) is 0 Å². The summed E-state index contributed by atoms with van der Waals surface area (Å²) in [5, 5.41) is 11.3. The van der Waals surface area contributed by atoms with Crippen molar-refractivity contribution in [3.05, 3.63) is 72.4 Å². The predicted octanol–water partition coefficient (Wildman–Crippen LogP) is 4.91. The molecule has 2 aromatic carbocycles. The van der Waals surface area contributed by atoms with Gasteiger partial charge >= 0.3 is 0 Å². The van der Waals surface area contributed by atoms with Gasteiger partial charge in [0.05, 0.1) is 5.69 Å². The van der Waals surface area contributed by atoms with Crippen LogP contribution in [-0.4, -0.2) is 15.1 Å². The van der Waals surface area contributed by atoms with Crippen molar-refractivity contribution in [2.45, 2.75) is 6.92 Å². The molecular weight excluding hydrogens is 284 g/mol. The maximum absolute atomic E-state index is 10.3. The van der Waals surface area contributed by atoms with Crippen molar-refractivity contribution < 1.29 is 5.11 Å². The summed E-state index contributed by atoms with van der Waals surface area (Å²) in [6, 6.07) is 21.7. The van der Waals surface area contributed by atoms with Crippen LogP contribution in [0.25, 0.3) is 33.4 Å². The third-order valence-corrected chi connectivity index (χ3v) is 4.03. The number of H-pyrrole nitrogens is 1. The number of phenols is 1. The van der Waals surface area contributed by atoms with E-state index in [0.29, 0.717) is 0 Å². The second-order valence-corrected chi connectivity index (χ2v) is 5.61. The number of rotatable bonds is 2. The molecule has 0 aliphatic carbocycles. The molecule has 0 bridgehead atoms. The van der Waals surface area contributed by atoms with E-state index in [0.717, 1.165) is 39.1 Å². The van der Waals surface area contributed by atoms with Gasteiger partial charge in [0.2, 0.25) is 0 Å². The van der Waals surface area contributed by atoms with Crippen LogP contribution in [0.15, 0.2) is 66.7 Å². The van der Waals surface area contributed by atoms with Gasteiger partial charge < -0.3 is 10.1 Å². The van der Waals surface area contributed by atoms with E-state index in [1.54, 1.807) is 6.07 Å².